The molecule has 0 saturated carbocycles. The first-order valence-corrected chi connectivity index (χ1v) is 6.97. The van der Waals surface area contributed by atoms with Gasteiger partial charge >= 0.3 is 5.97 Å². The van der Waals surface area contributed by atoms with Crippen LogP contribution in [0.15, 0.2) is 39.7 Å². The summed E-state index contributed by atoms with van der Waals surface area (Å²) in [4.78, 5) is 23.4. The van der Waals surface area contributed by atoms with Gasteiger partial charge in [0.25, 0.3) is 0 Å². The summed E-state index contributed by atoms with van der Waals surface area (Å²) in [6.45, 7) is 1.84. The normalized spacial score (nSPS) is 10.2. The highest BCUT2D eigenvalue weighted by molar-refractivity contribution is 9.10. The molecule has 0 bridgehead atoms. The maximum absolute atomic E-state index is 11.7. The van der Waals surface area contributed by atoms with Crippen LogP contribution in [-0.4, -0.2) is 29.5 Å². The average Bonchev–Trinajstić information content (AvgIpc) is 2.48. The smallest absolute Gasteiger partial charge is 0.362 e. The summed E-state index contributed by atoms with van der Waals surface area (Å²) in [6.07, 6.45) is 1.48. The highest BCUT2D eigenvalue weighted by Gasteiger charge is 2.15. The summed E-state index contributed by atoms with van der Waals surface area (Å²) in [5, 5.41) is 4.04. The second-order valence-corrected chi connectivity index (χ2v) is 4.87. The van der Waals surface area contributed by atoms with E-state index in [1.807, 2.05) is 0 Å². The molecule has 6 nitrogen and oxygen atoms in total. The Bertz CT molecular complexity index is 727. The van der Waals surface area contributed by atoms with E-state index in [1.165, 1.54) is 16.9 Å². The summed E-state index contributed by atoms with van der Waals surface area (Å²) < 4.78 is 12.1. The number of halogens is 1. The minimum absolute atomic E-state index is 0.178. The lowest BCUT2D eigenvalue weighted by Crippen LogP contribution is -2.22. The van der Waals surface area contributed by atoms with Gasteiger partial charge in [0.1, 0.15) is 5.75 Å². The Morgan fingerprint density at radius 1 is 1.38 bits per heavy atom. The molecule has 0 amide bonds. The van der Waals surface area contributed by atoms with Gasteiger partial charge in [-0.2, -0.15) is 5.10 Å². The molecule has 0 spiro atoms. The Morgan fingerprint density at radius 2 is 2.14 bits per heavy atom. The first-order chi connectivity index (χ1) is 10.1. The van der Waals surface area contributed by atoms with Crippen molar-refractivity contribution in [2.75, 3.05) is 13.7 Å². The van der Waals surface area contributed by atoms with Crippen LogP contribution in [-0.2, 0) is 4.74 Å². The van der Waals surface area contributed by atoms with Gasteiger partial charge in [-0.3, -0.25) is 4.79 Å². The number of methoxy groups -OCH3 is 1. The van der Waals surface area contributed by atoms with E-state index in [0.717, 1.165) is 4.47 Å². The van der Waals surface area contributed by atoms with E-state index < -0.39 is 11.4 Å². The third-order valence-electron chi connectivity index (χ3n) is 2.68. The predicted molar refractivity (Wildman–Crippen MR) is 80.0 cm³/mol. The van der Waals surface area contributed by atoms with Crippen molar-refractivity contribution >= 4 is 21.9 Å². The lowest BCUT2D eigenvalue weighted by atomic mass is 10.3. The van der Waals surface area contributed by atoms with E-state index in [4.69, 9.17) is 9.47 Å². The molecule has 0 aliphatic heterocycles. The highest BCUT2D eigenvalue weighted by Crippen LogP contribution is 2.25. The molecule has 21 heavy (non-hydrogen) atoms. The molecule has 0 radical (unpaired) electrons. The maximum Gasteiger partial charge on any atom is 0.362 e. The molecule has 2 aromatic rings. The van der Waals surface area contributed by atoms with Gasteiger partial charge in [-0.05, 0) is 35.0 Å². The molecule has 110 valence electrons. The van der Waals surface area contributed by atoms with E-state index in [2.05, 4.69) is 21.0 Å². The van der Waals surface area contributed by atoms with Crippen LogP contribution in [0.1, 0.15) is 17.4 Å². The number of carbonyl (C=O) groups excluding carboxylic acids is 1. The monoisotopic (exact) mass is 352 g/mol. The van der Waals surface area contributed by atoms with Gasteiger partial charge < -0.3 is 9.47 Å². The molecule has 7 heteroatoms. The molecular formula is C14H13BrN2O4. The Morgan fingerprint density at radius 3 is 2.81 bits per heavy atom. The number of carbonyl (C=O) groups is 1. The molecule has 2 rings (SSSR count). The Hall–Kier alpha value is -2.15. The second kappa shape index (κ2) is 6.53. The van der Waals surface area contributed by atoms with Crippen LogP contribution in [0.5, 0.6) is 5.75 Å². The summed E-state index contributed by atoms with van der Waals surface area (Å²) in [6, 6.07) is 6.57. The van der Waals surface area contributed by atoms with Crippen molar-refractivity contribution in [1.82, 2.24) is 9.78 Å². The Labute approximate surface area is 129 Å². The fraction of sp³-hybridized carbons (Fsp3) is 0.214. The van der Waals surface area contributed by atoms with Crippen molar-refractivity contribution in [1.29, 1.82) is 0 Å². The van der Waals surface area contributed by atoms with Gasteiger partial charge in [-0.15, -0.1) is 0 Å². The van der Waals surface area contributed by atoms with E-state index in [1.54, 1.807) is 32.2 Å². The van der Waals surface area contributed by atoms with Crippen molar-refractivity contribution in [3.8, 4) is 11.4 Å². The molecule has 0 unspecified atom stereocenters. The fourth-order valence-corrected chi connectivity index (χ4v) is 2.11. The lowest BCUT2D eigenvalue weighted by molar-refractivity contribution is 0.0515. The van der Waals surface area contributed by atoms with Crippen LogP contribution in [0.3, 0.4) is 0 Å². The van der Waals surface area contributed by atoms with Crippen LogP contribution in [0.2, 0.25) is 0 Å². The minimum atomic E-state index is -0.740. The van der Waals surface area contributed by atoms with E-state index in [9.17, 15) is 9.59 Å². The van der Waals surface area contributed by atoms with Crippen molar-refractivity contribution in [2.24, 2.45) is 0 Å². The standard InChI is InChI=1S/C14H13BrN2O4/c1-3-21-14(19)13-12(18)6-7-17(16-13)11-8-9(20-2)4-5-10(11)15/h4-8H,3H2,1-2H3. The molecule has 1 aromatic carbocycles. The Kier molecular flexibility index (Phi) is 4.74. The van der Waals surface area contributed by atoms with Crippen LogP contribution < -0.4 is 10.2 Å². The number of esters is 1. The van der Waals surface area contributed by atoms with Crippen molar-refractivity contribution < 1.29 is 14.3 Å². The summed E-state index contributed by atoms with van der Waals surface area (Å²) in [5.74, 6) is -0.109. The quantitative estimate of drug-likeness (QED) is 0.788. The number of rotatable bonds is 4. The first kappa shape index (κ1) is 15.2. The number of aromatic nitrogens is 2. The SMILES string of the molecule is CCOC(=O)c1nn(-c2cc(OC)ccc2Br)ccc1=O. The van der Waals surface area contributed by atoms with Crippen LogP contribution >= 0.6 is 15.9 Å². The third kappa shape index (κ3) is 3.30. The largest absolute Gasteiger partial charge is 0.497 e. The molecule has 0 fully saturated rings. The zero-order valence-electron chi connectivity index (χ0n) is 11.5. The number of hydrogen-bond donors (Lipinski definition) is 0. The average molecular weight is 353 g/mol. The van der Waals surface area contributed by atoms with Crippen LogP contribution in [0, 0.1) is 0 Å². The van der Waals surface area contributed by atoms with Gasteiger partial charge in [-0.1, -0.05) is 0 Å². The van der Waals surface area contributed by atoms with Crippen molar-refractivity contribution in [2.45, 2.75) is 6.92 Å². The maximum atomic E-state index is 11.7. The minimum Gasteiger partial charge on any atom is -0.497 e. The van der Waals surface area contributed by atoms with Gasteiger partial charge in [0.15, 0.2) is 0 Å². The molecule has 0 aliphatic rings. The topological polar surface area (TPSA) is 70.4 Å². The lowest BCUT2D eigenvalue weighted by Gasteiger charge is -2.10. The van der Waals surface area contributed by atoms with Gasteiger partial charge in [-0.25, -0.2) is 9.48 Å². The molecule has 0 N–H and O–H groups in total. The molecular weight excluding hydrogens is 340 g/mol. The number of hydrogen-bond acceptors (Lipinski definition) is 5. The molecule has 0 saturated heterocycles. The van der Waals surface area contributed by atoms with Crippen LogP contribution in [0.4, 0.5) is 0 Å². The van der Waals surface area contributed by atoms with Gasteiger partial charge in [0.05, 0.1) is 19.4 Å². The number of benzene rings is 1. The molecule has 0 atom stereocenters. The van der Waals surface area contributed by atoms with E-state index >= 15 is 0 Å². The van der Waals surface area contributed by atoms with Crippen molar-refractivity contribution in [3.63, 3.8) is 0 Å². The summed E-state index contributed by atoms with van der Waals surface area (Å²) in [7, 11) is 1.55. The first-order valence-electron chi connectivity index (χ1n) is 6.17. The van der Waals surface area contributed by atoms with Crippen molar-refractivity contribution in [3.05, 3.63) is 50.9 Å². The van der Waals surface area contributed by atoms with E-state index in [0.29, 0.717) is 11.4 Å². The number of nitrogens with zero attached hydrogens (tertiary/aromatic N) is 2. The predicted octanol–water partition coefficient (Wildman–Crippen LogP) is 2.18. The molecule has 1 heterocycles. The molecule has 0 aliphatic carbocycles. The fourth-order valence-electron chi connectivity index (χ4n) is 1.68. The summed E-state index contributed by atoms with van der Waals surface area (Å²) >= 11 is 3.40. The Balaban J connectivity index is 2.53. The second-order valence-electron chi connectivity index (χ2n) is 4.01. The van der Waals surface area contributed by atoms with Gasteiger partial charge in [0.2, 0.25) is 11.1 Å². The van der Waals surface area contributed by atoms with E-state index in [-0.39, 0.29) is 12.3 Å². The zero-order chi connectivity index (χ0) is 15.4. The third-order valence-corrected chi connectivity index (χ3v) is 3.35. The zero-order valence-corrected chi connectivity index (χ0v) is 13.1. The molecule has 1 aromatic heterocycles. The van der Waals surface area contributed by atoms with Crippen LogP contribution in [0.25, 0.3) is 5.69 Å². The summed E-state index contributed by atoms with van der Waals surface area (Å²) in [5.41, 5.74) is -0.0994. The van der Waals surface area contributed by atoms with Gasteiger partial charge in [0, 0.05) is 22.8 Å². The highest BCUT2D eigenvalue weighted by atomic mass is 79.9. The number of ether oxygens (including phenoxy) is 2.